The third kappa shape index (κ3) is 3.38. The lowest BCUT2D eigenvalue weighted by atomic mass is 10.2. The Bertz CT molecular complexity index is 365. The van der Waals surface area contributed by atoms with Crippen molar-refractivity contribution in [1.82, 2.24) is 4.90 Å². The van der Waals surface area contributed by atoms with E-state index in [0.29, 0.717) is 5.57 Å². The monoisotopic (exact) mass is 257 g/mol. The second-order valence-electron chi connectivity index (χ2n) is 4.41. The topological polar surface area (TPSA) is 87.1 Å². The third-order valence-electron chi connectivity index (χ3n) is 2.95. The van der Waals surface area contributed by atoms with Gasteiger partial charge in [-0.3, -0.25) is 14.5 Å². The van der Waals surface area contributed by atoms with E-state index in [0.717, 1.165) is 0 Å². The van der Waals surface area contributed by atoms with Gasteiger partial charge in [-0.05, 0) is 13.8 Å². The molecular weight excluding hydrogens is 238 g/mol. The van der Waals surface area contributed by atoms with Gasteiger partial charge in [0.25, 0.3) is 0 Å². The van der Waals surface area contributed by atoms with Gasteiger partial charge in [0.1, 0.15) is 12.3 Å². The summed E-state index contributed by atoms with van der Waals surface area (Å²) in [6.07, 6.45) is -0.520. The van der Waals surface area contributed by atoms with Crippen LogP contribution < -0.4 is 0 Å². The summed E-state index contributed by atoms with van der Waals surface area (Å²) in [6, 6.07) is 0. The van der Waals surface area contributed by atoms with Crippen molar-refractivity contribution < 1.29 is 24.5 Å². The zero-order valence-electron chi connectivity index (χ0n) is 10.8. The van der Waals surface area contributed by atoms with Crippen LogP contribution in [0.4, 0.5) is 0 Å². The Hall–Kier alpha value is -1.24. The molecule has 18 heavy (non-hydrogen) atoms. The molecular formula is C12H19NO5. The number of aliphatic hydroxyl groups excluding tert-OH is 2. The second-order valence-corrected chi connectivity index (χ2v) is 4.41. The first-order valence-corrected chi connectivity index (χ1v) is 5.79. The van der Waals surface area contributed by atoms with Crippen LogP contribution in [0.25, 0.3) is 0 Å². The summed E-state index contributed by atoms with van der Waals surface area (Å²) >= 11 is 0. The molecule has 0 aliphatic carbocycles. The van der Waals surface area contributed by atoms with E-state index >= 15 is 0 Å². The molecule has 1 aliphatic heterocycles. The fourth-order valence-electron chi connectivity index (χ4n) is 1.73. The first kappa shape index (κ1) is 14.8. The van der Waals surface area contributed by atoms with E-state index in [4.69, 9.17) is 9.84 Å². The zero-order valence-corrected chi connectivity index (χ0v) is 10.8. The SMILES string of the molecule is CC(=O)/C(C)=C\N(C(C)=O)C1CC(O)C(CO)O1. The molecule has 0 bridgehead atoms. The highest BCUT2D eigenvalue weighted by atomic mass is 16.5. The normalized spacial score (nSPS) is 28.3. The number of hydrogen-bond donors (Lipinski definition) is 2. The van der Waals surface area contributed by atoms with Gasteiger partial charge in [-0.2, -0.15) is 0 Å². The average Bonchev–Trinajstić information content (AvgIpc) is 2.66. The lowest BCUT2D eigenvalue weighted by molar-refractivity contribution is -0.138. The average molecular weight is 257 g/mol. The quantitative estimate of drug-likeness (QED) is 0.681. The lowest BCUT2D eigenvalue weighted by Gasteiger charge is -2.24. The summed E-state index contributed by atoms with van der Waals surface area (Å²) in [4.78, 5) is 24.0. The number of carbonyl (C=O) groups excluding carboxylic acids is 2. The fourth-order valence-corrected chi connectivity index (χ4v) is 1.73. The minimum atomic E-state index is -0.812. The summed E-state index contributed by atoms with van der Waals surface area (Å²) in [5.74, 6) is -0.426. The largest absolute Gasteiger partial charge is 0.394 e. The number of allylic oxidation sites excluding steroid dienone is 1. The smallest absolute Gasteiger partial charge is 0.225 e. The van der Waals surface area contributed by atoms with Crippen molar-refractivity contribution in [1.29, 1.82) is 0 Å². The molecule has 0 radical (unpaired) electrons. The van der Waals surface area contributed by atoms with Crippen LogP contribution in [-0.2, 0) is 14.3 Å². The predicted octanol–water partition coefficient (Wildman–Crippen LogP) is -0.204. The van der Waals surface area contributed by atoms with Gasteiger partial charge in [0, 0.05) is 25.1 Å². The maximum Gasteiger partial charge on any atom is 0.225 e. The van der Waals surface area contributed by atoms with E-state index in [9.17, 15) is 14.7 Å². The fraction of sp³-hybridized carbons (Fsp3) is 0.667. The van der Waals surface area contributed by atoms with Gasteiger partial charge in [0.15, 0.2) is 5.78 Å². The predicted molar refractivity (Wildman–Crippen MR) is 63.3 cm³/mol. The number of rotatable bonds is 4. The Labute approximate surface area is 106 Å². The highest BCUT2D eigenvalue weighted by Gasteiger charge is 2.37. The molecule has 1 amide bonds. The van der Waals surface area contributed by atoms with E-state index < -0.39 is 18.4 Å². The number of ether oxygens (including phenoxy) is 1. The first-order chi connectivity index (χ1) is 8.36. The van der Waals surface area contributed by atoms with Gasteiger partial charge in [-0.1, -0.05) is 0 Å². The standard InChI is InChI=1S/C12H19NO5/c1-7(8(2)15)5-13(9(3)16)12-4-10(17)11(6-14)18-12/h5,10-12,14,17H,4,6H2,1-3H3/b7-5-. The second kappa shape index (κ2) is 6.08. The van der Waals surface area contributed by atoms with Crippen LogP contribution in [0, 0.1) is 0 Å². The summed E-state index contributed by atoms with van der Waals surface area (Å²) in [6.45, 7) is 4.06. The number of amides is 1. The number of nitrogens with zero attached hydrogens (tertiary/aromatic N) is 1. The zero-order chi connectivity index (χ0) is 13.9. The van der Waals surface area contributed by atoms with Gasteiger partial charge in [0.2, 0.25) is 5.91 Å². The Morgan fingerprint density at radius 1 is 1.39 bits per heavy atom. The van der Waals surface area contributed by atoms with Crippen LogP contribution >= 0.6 is 0 Å². The van der Waals surface area contributed by atoms with Crippen molar-refractivity contribution in [2.24, 2.45) is 0 Å². The van der Waals surface area contributed by atoms with Crippen LogP contribution in [0.3, 0.4) is 0 Å². The molecule has 0 aromatic carbocycles. The van der Waals surface area contributed by atoms with Crippen molar-refractivity contribution in [2.75, 3.05) is 6.61 Å². The van der Waals surface area contributed by atoms with Crippen LogP contribution in [-0.4, -0.2) is 51.8 Å². The Morgan fingerprint density at radius 2 is 2.00 bits per heavy atom. The molecule has 1 saturated heterocycles. The van der Waals surface area contributed by atoms with Crippen LogP contribution in [0.15, 0.2) is 11.8 Å². The minimum Gasteiger partial charge on any atom is -0.394 e. The Balaban J connectivity index is 2.85. The number of carbonyl (C=O) groups is 2. The van der Waals surface area contributed by atoms with Crippen molar-refractivity contribution >= 4 is 11.7 Å². The molecule has 3 unspecified atom stereocenters. The minimum absolute atomic E-state index is 0.140. The summed E-state index contributed by atoms with van der Waals surface area (Å²) in [7, 11) is 0. The highest BCUT2D eigenvalue weighted by Crippen LogP contribution is 2.24. The first-order valence-electron chi connectivity index (χ1n) is 5.79. The van der Waals surface area contributed by atoms with Crippen LogP contribution in [0.5, 0.6) is 0 Å². The Morgan fingerprint density at radius 3 is 2.39 bits per heavy atom. The molecule has 1 rings (SSSR count). The van der Waals surface area contributed by atoms with Crippen molar-refractivity contribution in [2.45, 2.75) is 45.6 Å². The Kier molecular flexibility index (Phi) is 5.01. The maximum atomic E-state index is 11.5. The van der Waals surface area contributed by atoms with Crippen molar-refractivity contribution in [3.8, 4) is 0 Å². The van der Waals surface area contributed by atoms with E-state index in [1.165, 1.54) is 24.9 Å². The van der Waals surface area contributed by atoms with Gasteiger partial charge >= 0.3 is 0 Å². The molecule has 0 aromatic rings. The molecule has 1 aliphatic rings. The number of hydrogen-bond acceptors (Lipinski definition) is 5. The molecule has 0 spiro atoms. The number of ketones is 1. The number of aliphatic hydroxyl groups is 2. The van der Waals surface area contributed by atoms with Crippen molar-refractivity contribution in [3.63, 3.8) is 0 Å². The molecule has 6 heteroatoms. The van der Waals surface area contributed by atoms with Gasteiger partial charge in [-0.25, -0.2) is 0 Å². The molecule has 6 nitrogen and oxygen atoms in total. The van der Waals surface area contributed by atoms with Gasteiger partial charge in [0.05, 0.1) is 12.7 Å². The summed E-state index contributed by atoms with van der Waals surface area (Å²) < 4.78 is 5.38. The van der Waals surface area contributed by atoms with Gasteiger partial charge in [-0.15, -0.1) is 0 Å². The maximum absolute atomic E-state index is 11.5. The lowest BCUT2D eigenvalue weighted by Crippen LogP contribution is -2.35. The van der Waals surface area contributed by atoms with E-state index in [-0.39, 0.29) is 24.7 Å². The van der Waals surface area contributed by atoms with Gasteiger partial charge < -0.3 is 14.9 Å². The summed E-state index contributed by atoms with van der Waals surface area (Å²) in [5.41, 5.74) is 0.427. The molecule has 0 saturated carbocycles. The molecule has 3 atom stereocenters. The third-order valence-corrected chi connectivity index (χ3v) is 2.95. The van der Waals surface area contributed by atoms with Crippen LogP contribution in [0.1, 0.15) is 27.2 Å². The van der Waals surface area contributed by atoms with E-state index in [1.54, 1.807) is 6.92 Å². The summed E-state index contributed by atoms with van der Waals surface area (Å²) in [5, 5.41) is 18.6. The highest BCUT2D eigenvalue weighted by molar-refractivity contribution is 5.93. The molecule has 102 valence electrons. The van der Waals surface area contributed by atoms with Crippen molar-refractivity contribution in [3.05, 3.63) is 11.8 Å². The molecule has 1 heterocycles. The molecule has 0 aromatic heterocycles. The molecule has 1 fully saturated rings. The van der Waals surface area contributed by atoms with E-state index in [2.05, 4.69) is 0 Å². The molecule has 2 N–H and O–H groups in total. The van der Waals surface area contributed by atoms with E-state index in [1.807, 2.05) is 0 Å². The number of Topliss-reactive ketones (excluding diaryl/α,β-unsaturated/α-hetero) is 1. The van der Waals surface area contributed by atoms with Crippen LogP contribution in [0.2, 0.25) is 0 Å².